The first-order valence-electron chi connectivity index (χ1n) is 2.38. The average Bonchev–Trinajstić information content (AvgIpc) is 1.84. The summed E-state index contributed by atoms with van der Waals surface area (Å²) in [5.41, 5.74) is 9.72. The summed E-state index contributed by atoms with van der Waals surface area (Å²) in [6.45, 7) is -1.05. The largest absolute Gasteiger partial charge is 0.328 e. The molecule has 0 saturated heterocycles. The molecule has 0 bridgehead atoms. The molecule has 0 radical (unpaired) electrons. The molecule has 4 heteroatoms. The Labute approximate surface area is 46.8 Å². The van der Waals surface area contributed by atoms with E-state index in [9.17, 15) is 8.78 Å². The average molecular weight is 124 g/mol. The Hall–Kier alpha value is -0.220. The molecule has 2 atom stereocenters. The maximum Gasteiger partial charge on any atom is 0.130 e. The van der Waals surface area contributed by atoms with E-state index in [1.165, 1.54) is 0 Å². The Morgan fingerprint density at radius 1 is 1.50 bits per heavy atom. The Kier molecular flexibility index (Phi) is 3.64. The molecule has 50 valence electrons. The Morgan fingerprint density at radius 2 is 2.00 bits per heavy atom. The van der Waals surface area contributed by atoms with Crippen LogP contribution in [0.25, 0.3) is 0 Å². The molecule has 0 fully saturated rings. The van der Waals surface area contributed by atoms with E-state index in [0.717, 1.165) is 0 Å². The van der Waals surface area contributed by atoms with Crippen molar-refractivity contribution in [2.24, 2.45) is 11.5 Å². The van der Waals surface area contributed by atoms with Crippen molar-refractivity contribution in [3.63, 3.8) is 0 Å². The smallest absolute Gasteiger partial charge is 0.130 e. The molecule has 0 aromatic carbocycles. The van der Waals surface area contributed by atoms with Gasteiger partial charge in [-0.05, 0) is 0 Å². The third-order valence-electron chi connectivity index (χ3n) is 0.868. The quantitative estimate of drug-likeness (QED) is 0.537. The van der Waals surface area contributed by atoms with Crippen LogP contribution in [0.1, 0.15) is 0 Å². The van der Waals surface area contributed by atoms with Gasteiger partial charge in [0, 0.05) is 6.54 Å². The molecular formula is C4H10F2N2. The van der Waals surface area contributed by atoms with Crippen molar-refractivity contribution in [3.8, 4) is 0 Å². The van der Waals surface area contributed by atoms with E-state index in [0.29, 0.717) is 0 Å². The lowest BCUT2D eigenvalue weighted by Crippen LogP contribution is -2.38. The fourth-order valence-corrected chi connectivity index (χ4v) is 0.271. The van der Waals surface area contributed by atoms with Crippen LogP contribution in [0.3, 0.4) is 0 Å². The molecule has 0 aliphatic carbocycles. The van der Waals surface area contributed by atoms with Crippen LogP contribution in [0.15, 0.2) is 0 Å². The van der Waals surface area contributed by atoms with E-state index in [1.807, 2.05) is 0 Å². The maximum atomic E-state index is 12.0. The van der Waals surface area contributed by atoms with E-state index < -0.39 is 18.9 Å². The second-order valence-corrected chi connectivity index (χ2v) is 1.57. The predicted octanol–water partition coefficient (Wildman–Crippen LogP) is -0.420. The van der Waals surface area contributed by atoms with Gasteiger partial charge in [-0.2, -0.15) is 0 Å². The molecule has 0 amide bonds. The summed E-state index contributed by atoms with van der Waals surface area (Å²) in [6, 6.07) is -1.04. The third kappa shape index (κ3) is 2.18. The number of hydrogen-bond acceptors (Lipinski definition) is 2. The number of rotatable bonds is 3. The highest BCUT2D eigenvalue weighted by Crippen LogP contribution is 1.93. The first kappa shape index (κ1) is 7.78. The zero-order valence-electron chi connectivity index (χ0n) is 4.48. The summed E-state index contributed by atoms with van der Waals surface area (Å²) in [4.78, 5) is 0. The monoisotopic (exact) mass is 124 g/mol. The highest BCUT2D eigenvalue weighted by Gasteiger charge is 2.13. The lowest BCUT2D eigenvalue weighted by atomic mass is 10.2. The minimum atomic E-state index is -1.40. The first-order chi connectivity index (χ1) is 3.72. The minimum Gasteiger partial charge on any atom is -0.328 e. The third-order valence-corrected chi connectivity index (χ3v) is 0.868. The molecule has 8 heavy (non-hydrogen) atoms. The van der Waals surface area contributed by atoms with Crippen molar-refractivity contribution in [1.29, 1.82) is 0 Å². The summed E-state index contributed by atoms with van der Waals surface area (Å²) >= 11 is 0. The molecule has 0 rings (SSSR count). The molecule has 0 aromatic heterocycles. The van der Waals surface area contributed by atoms with Crippen molar-refractivity contribution in [2.75, 3.05) is 13.2 Å². The van der Waals surface area contributed by atoms with Crippen LogP contribution in [0, 0.1) is 0 Å². The van der Waals surface area contributed by atoms with E-state index in [4.69, 9.17) is 11.5 Å². The molecule has 0 saturated carbocycles. The van der Waals surface area contributed by atoms with Gasteiger partial charge in [0.1, 0.15) is 12.8 Å². The predicted molar refractivity (Wildman–Crippen MR) is 27.9 cm³/mol. The lowest BCUT2D eigenvalue weighted by Gasteiger charge is -2.08. The van der Waals surface area contributed by atoms with E-state index >= 15 is 0 Å². The SMILES string of the molecule is NCC(F)C(N)CF. The van der Waals surface area contributed by atoms with Gasteiger partial charge in [0.25, 0.3) is 0 Å². The fraction of sp³-hybridized carbons (Fsp3) is 1.00. The summed E-state index contributed by atoms with van der Waals surface area (Å²) < 4.78 is 23.4. The van der Waals surface area contributed by atoms with Gasteiger partial charge >= 0.3 is 0 Å². The molecule has 2 nitrogen and oxygen atoms in total. The van der Waals surface area contributed by atoms with Gasteiger partial charge in [-0.3, -0.25) is 0 Å². The minimum absolute atomic E-state index is 0.203. The summed E-state index contributed by atoms with van der Waals surface area (Å²) in [5, 5.41) is 0. The molecule has 0 spiro atoms. The van der Waals surface area contributed by atoms with Crippen molar-refractivity contribution in [2.45, 2.75) is 12.2 Å². The standard InChI is InChI=1S/C4H10F2N2/c5-1-4(8)3(6)2-7/h3-4H,1-2,7-8H2. The zero-order chi connectivity index (χ0) is 6.57. The maximum absolute atomic E-state index is 12.0. The highest BCUT2D eigenvalue weighted by atomic mass is 19.1. The zero-order valence-corrected chi connectivity index (χ0v) is 4.48. The van der Waals surface area contributed by atoms with Crippen LogP contribution in [0.5, 0.6) is 0 Å². The summed E-state index contributed by atoms with van der Waals surface area (Å²) in [7, 11) is 0. The number of halogens is 2. The van der Waals surface area contributed by atoms with Crippen LogP contribution in [0.4, 0.5) is 8.78 Å². The lowest BCUT2D eigenvalue weighted by molar-refractivity contribution is 0.253. The van der Waals surface area contributed by atoms with Crippen LogP contribution >= 0.6 is 0 Å². The van der Waals surface area contributed by atoms with E-state index in [1.54, 1.807) is 0 Å². The second kappa shape index (κ2) is 3.74. The van der Waals surface area contributed by atoms with Gasteiger partial charge in [-0.1, -0.05) is 0 Å². The molecule has 0 aliphatic heterocycles. The normalized spacial score (nSPS) is 18.0. The molecule has 0 heterocycles. The van der Waals surface area contributed by atoms with Crippen LogP contribution in [0.2, 0.25) is 0 Å². The van der Waals surface area contributed by atoms with Crippen molar-refractivity contribution in [1.82, 2.24) is 0 Å². The van der Waals surface area contributed by atoms with Crippen molar-refractivity contribution < 1.29 is 8.78 Å². The van der Waals surface area contributed by atoms with E-state index in [2.05, 4.69) is 0 Å². The Bertz CT molecular complexity index is 52.0. The molecular weight excluding hydrogens is 114 g/mol. The van der Waals surface area contributed by atoms with Crippen LogP contribution in [-0.2, 0) is 0 Å². The second-order valence-electron chi connectivity index (χ2n) is 1.57. The number of alkyl halides is 2. The molecule has 4 N–H and O–H groups in total. The van der Waals surface area contributed by atoms with Gasteiger partial charge in [0.2, 0.25) is 0 Å². The van der Waals surface area contributed by atoms with Crippen LogP contribution < -0.4 is 11.5 Å². The van der Waals surface area contributed by atoms with E-state index in [-0.39, 0.29) is 6.54 Å². The van der Waals surface area contributed by atoms with Crippen molar-refractivity contribution >= 4 is 0 Å². The molecule has 0 aliphatic rings. The van der Waals surface area contributed by atoms with Crippen molar-refractivity contribution in [3.05, 3.63) is 0 Å². The number of nitrogens with two attached hydrogens (primary N) is 2. The summed E-state index contributed by atoms with van der Waals surface area (Å²) in [6.07, 6.45) is -1.40. The van der Waals surface area contributed by atoms with Gasteiger partial charge < -0.3 is 11.5 Å². The van der Waals surface area contributed by atoms with Gasteiger partial charge in [-0.25, -0.2) is 8.78 Å². The summed E-state index contributed by atoms with van der Waals surface area (Å²) in [5.74, 6) is 0. The first-order valence-corrected chi connectivity index (χ1v) is 2.38. The Morgan fingerprint density at radius 3 is 2.12 bits per heavy atom. The molecule has 2 unspecified atom stereocenters. The highest BCUT2D eigenvalue weighted by molar-refractivity contribution is 4.70. The topological polar surface area (TPSA) is 52.0 Å². The fourth-order valence-electron chi connectivity index (χ4n) is 0.271. The Balaban J connectivity index is 3.29. The van der Waals surface area contributed by atoms with Gasteiger partial charge in [0.05, 0.1) is 6.04 Å². The van der Waals surface area contributed by atoms with Crippen LogP contribution in [-0.4, -0.2) is 25.4 Å². The molecule has 0 aromatic rings. The van der Waals surface area contributed by atoms with Gasteiger partial charge in [0.15, 0.2) is 0 Å². The van der Waals surface area contributed by atoms with Gasteiger partial charge in [-0.15, -0.1) is 0 Å². The number of hydrogen-bond donors (Lipinski definition) is 2.